The molecule has 1 fully saturated rings. The van der Waals surface area contributed by atoms with Gasteiger partial charge >= 0.3 is 0 Å². The van der Waals surface area contributed by atoms with Crippen LogP contribution in [0.4, 0.5) is 5.69 Å². The largest absolute Gasteiger partial charge is 0.377 e. The Labute approximate surface area is 170 Å². The zero-order valence-corrected chi connectivity index (χ0v) is 18.1. The van der Waals surface area contributed by atoms with Crippen LogP contribution in [-0.2, 0) is 20.8 Å². The summed E-state index contributed by atoms with van der Waals surface area (Å²) < 4.78 is 11.5. The van der Waals surface area contributed by atoms with Crippen LogP contribution in [0.25, 0.3) is 0 Å². The van der Waals surface area contributed by atoms with Gasteiger partial charge in [-0.15, -0.1) is 0 Å². The number of benzene rings is 1. The molecular formula is C23H38N2O3. The van der Waals surface area contributed by atoms with E-state index in [1.807, 2.05) is 12.1 Å². The maximum absolute atomic E-state index is 12.2. The summed E-state index contributed by atoms with van der Waals surface area (Å²) in [6.07, 6.45) is 5.58. The molecule has 1 aliphatic rings. The standard InChI is InChI=1S/C23H38N2O3/c1-5-6-14-27-19(4)23(26)24-21-12-10-20(11-13-21)16-25(18(2)3)17-22-9-7-8-15-28-22/h10-13,18-19,22H,5-9,14-17H2,1-4H3,(H,24,26). The zero-order chi connectivity index (χ0) is 20.4. The number of hydrogen-bond donors (Lipinski definition) is 1. The van der Waals surface area contributed by atoms with Crippen LogP contribution in [0.3, 0.4) is 0 Å². The first-order chi connectivity index (χ1) is 13.5. The summed E-state index contributed by atoms with van der Waals surface area (Å²) in [7, 11) is 0. The quantitative estimate of drug-likeness (QED) is 0.561. The second kappa shape index (κ2) is 12.2. The highest BCUT2D eigenvalue weighted by Crippen LogP contribution is 2.18. The van der Waals surface area contributed by atoms with E-state index in [2.05, 4.69) is 43.1 Å². The fourth-order valence-corrected chi connectivity index (χ4v) is 3.32. The molecule has 1 amide bonds. The highest BCUT2D eigenvalue weighted by molar-refractivity contribution is 5.93. The van der Waals surface area contributed by atoms with Crippen molar-refractivity contribution in [3.8, 4) is 0 Å². The predicted octanol–water partition coefficient (Wildman–Crippen LogP) is 4.61. The Balaban J connectivity index is 1.85. The van der Waals surface area contributed by atoms with E-state index in [0.29, 0.717) is 18.8 Å². The predicted molar refractivity (Wildman–Crippen MR) is 115 cm³/mol. The molecule has 1 aliphatic heterocycles. The number of nitrogens with zero attached hydrogens (tertiary/aromatic N) is 1. The highest BCUT2D eigenvalue weighted by Gasteiger charge is 2.20. The van der Waals surface area contributed by atoms with E-state index < -0.39 is 6.10 Å². The van der Waals surface area contributed by atoms with Crippen LogP contribution in [0, 0.1) is 0 Å². The van der Waals surface area contributed by atoms with Gasteiger partial charge in [-0.1, -0.05) is 25.5 Å². The lowest BCUT2D eigenvalue weighted by Crippen LogP contribution is -2.39. The number of carbonyl (C=O) groups is 1. The fraction of sp³-hybridized carbons (Fsp3) is 0.696. The van der Waals surface area contributed by atoms with E-state index >= 15 is 0 Å². The molecule has 0 aromatic heterocycles. The minimum Gasteiger partial charge on any atom is -0.377 e. The van der Waals surface area contributed by atoms with Crippen LogP contribution in [0.1, 0.15) is 65.4 Å². The molecule has 0 saturated carbocycles. The van der Waals surface area contributed by atoms with E-state index in [4.69, 9.17) is 9.47 Å². The van der Waals surface area contributed by atoms with Gasteiger partial charge in [0.15, 0.2) is 0 Å². The first-order valence-electron chi connectivity index (χ1n) is 10.9. The van der Waals surface area contributed by atoms with Crippen LogP contribution >= 0.6 is 0 Å². The Bertz CT molecular complexity index is 568. The van der Waals surface area contributed by atoms with Crippen molar-refractivity contribution in [2.45, 2.75) is 84.6 Å². The molecule has 5 nitrogen and oxygen atoms in total. The number of rotatable bonds is 11. The third-order valence-electron chi connectivity index (χ3n) is 5.28. The lowest BCUT2D eigenvalue weighted by atomic mass is 10.1. The number of carbonyl (C=O) groups excluding carboxylic acids is 1. The topological polar surface area (TPSA) is 50.8 Å². The first-order valence-corrected chi connectivity index (χ1v) is 10.9. The maximum Gasteiger partial charge on any atom is 0.253 e. The van der Waals surface area contributed by atoms with Crippen LogP contribution < -0.4 is 5.32 Å². The van der Waals surface area contributed by atoms with Gasteiger partial charge in [0.2, 0.25) is 0 Å². The summed E-state index contributed by atoms with van der Waals surface area (Å²) in [5, 5.41) is 2.94. The third-order valence-corrected chi connectivity index (χ3v) is 5.28. The van der Waals surface area contributed by atoms with Gasteiger partial charge in [-0.05, 0) is 64.2 Å². The molecule has 1 N–H and O–H groups in total. The second-order valence-electron chi connectivity index (χ2n) is 8.06. The number of amides is 1. The molecule has 2 unspecified atom stereocenters. The molecule has 0 spiro atoms. The van der Waals surface area contributed by atoms with Gasteiger partial charge in [0.05, 0.1) is 6.10 Å². The second-order valence-corrected chi connectivity index (χ2v) is 8.06. The number of nitrogens with one attached hydrogen (secondary N) is 1. The molecule has 28 heavy (non-hydrogen) atoms. The fourth-order valence-electron chi connectivity index (χ4n) is 3.32. The molecule has 0 radical (unpaired) electrons. The SMILES string of the molecule is CCCCOC(C)C(=O)Nc1ccc(CN(CC2CCCCO2)C(C)C)cc1. The summed E-state index contributed by atoms with van der Waals surface area (Å²) in [6.45, 7) is 11.8. The summed E-state index contributed by atoms with van der Waals surface area (Å²) >= 11 is 0. The first kappa shape index (κ1) is 22.9. The average molecular weight is 391 g/mol. The van der Waals surface area contributed by atoms with Crippen molar-refractivity contribution in [3.63, 3.8) is 0 Å². The third kappa shape index (κ3) is 7.90. The van der Waals surface area contributed by atoms with Crippen LogP contribution in [0.15, 0.2) is 24.3 Å². The molecule has 2 rings (SSSR count). The van der Waals surface area contributed by atoms with Crippen molar-refractivity contribution in [3.05, 3.63) is 29.8 Å². The maximum atomic E-state index is 12.2. The Morgan fingerprint density at radius 3 is 2.61 bits per heavy atom. The molecule has 5 heteroatoms. The Kier molecular flexibility index (Phi) is 9.96. The highest BCUT2D eigenvalue weighted by atomic mass is 16.5. The molecule has 0 aliphatic carbocycles. The number of anilines is 1. The van der Waals surface area contributed by atoms with Crippen LogP contribution in [-0.4, -0.2) is 48.8 Å². The normalized spacial score (nSPS) is 18.4. The van der Waals surface area contributed by atoms with Gasteiger partial charge < -0.3 is 14.8 Å². The summed E-state index contributed by atoms with van der Waals surface area (Å²) in [5.74, 6) is -0.0953. The van der Waals surface area contributed by atoms with Crippen molar-refractivity contribution in [2.75, 3.05) is 25.1 Å². The molecule has 1 aromatic rings. The van der Waals surface area contributed by atoms with Crippen LogP contribution in [0.2, 0.25) is 0 Å². The van der Waals surface area contributed by atoms with Crippen molar-refractivity contribution >= 4 is 11.6 Å². The van der Waals surface area contributed by atoms with Gasteiger partial charge in [-0.25, -0.2) is 0 Å². The molecule has 1 heterocycles. The lowest BCUT2D eigenvalue weighted by Gasteiger charge is -2.32. The summed E-state index contributed by atoms with van der Waals surface area (Å²) in [5.41, 5.74) is 2.06. The molecule has 1 saturated heterocycles. The van der Waals surface area contributed by atoms with Gasteiger partial charge in [0, 0.05) is 38.0 Å². The van der Waals surface area contributed by atoms with Gasteiger partial charge in [0.25, 0.3) is 5.91 Å². The van der Waals surface area contributed by atoms with Gasteiger partial charge in [0.1, 0.15) is 6.10 Å². The number of hydrogen-bond acceptors (Lipinski definition) is 4. The van der Waals surface area contributed by atoms with E-state index in [1.54, 1.807) is 6.92 Å². The van der Waals surface area contributed by atoms with Crippen molar-refractivity contribution in [1.29, 1.82) is 0 Å². The molecular weight excluding hydrogens is 352 g/mol. The van der Waals surface area contributed by atoms with Crippen LogP contribution in [0.5, 0.6) is 0 Å². The van der Waals surface area contributed by atoms with Crippen molar-refractivity contribution in [1.82, 2.24) is 4.90 Å². The van der Waals surface area contributed by atoms with Gasteiger partial charge in [-0.2, -0.15) is 0 Å². The molecule has 158 valence electrons. The zero-order valence-electron chi connectivity index (χ0n) is 18.1. The average Bonchev–Trinajstić information content (AvgIpc) is 2.69. The van der Waals surface area contributed by atoms with E-state index in [9.17, 15) is 4.79 Å². The Hall–Kier alpha value is -1.43. The Morgan fingerprint density at radius 2 is 2.00 bits per heavy atom. The molecule has 1 aromatic carbocycles. The van der Waals surface area contributed by atoms with Gasteiger partial charge in [-0.3, -0.25) is 9.69 Å². The van der Waals surface area contributed by atoms with Crippen molar-refractivity contribution in [2.24, 2.45) is 0 Å². The van der Waals surface area contributed by atoms with E-state index in [1.165, 1.54) is 18.4 Å². The molecule has 2 atom stereocenters. The number of ether oxygens (including phenoxy) is 2. The molecule has 0 bridgehead atoms. The minimum atomic E-state index is -0.432. The Morgan fingerprint density at radius 1 is 1.25 bits per heavy atom. The lowest BCUT2D eigenvalue weighted by molar-refractivity contribution is -0.126. The van der Waals surface area contributed by atoms with E-state index in [-0.39, 0.29) is 5.91 Å². The summed E-state index contributed by atoms with van der Waals surface area (Å²) in [6, 6.07) is 8.60. The van der Waals surface area contributed by atoms with Crippen molar-refractivity contribution < 1.29 is 14.3 Å². The minimum absolute atomic E-state index is 0.0953. The number of unbranched alkanes of at least 4 members (excludes halogenated alkanes) is 1. The smallest absolute Gasteiger partial charge is 0.253 e. The summed E-state index contributed by atoms with van der Waals surface area (Å²) in [4.78, 5) is 14.7. The van der Waals surface area contributed by atoms with E-state index in [0.717, 1.165) is 44.6 Å². The monoisotopic (exact) mass is 390 g/mol.